The van der Waals surface area contributed by atoms with E-state index in [4.69, 9.17) is 0 Å². The molecule has 19 heavy (non-hydrogen) atoms. The molecule has 0 amide bonds. The van der Waals surface area contributed by atoms with Crippen molar-refractivity contribution in [3.63, 3.8) is 0 Å². The molecule has 0 heterocycles. The maximum atomic E-state index is 11.3. The Kier molecular flexibility index (Phi) is 2.83. The third-order valence-electron chi connectivity index (χ3n) is 6.20. The van der Waals surface area contributed by atoms with Crippen molar-refractivity contribution in [2.45, 2.75) is 52.4 Å². The summed E-state index contributed by atoms with van der Waals surface area (Å²) in [5, 5.41) is 19.1. The number of hydrogen-bond donors (Lipinski definition) is 2. The fraction of sp³-hybridized carbons (Fsp3) is 0.812. The molecule has 4 bridgehead atoms. The Hall–Kier alpha value is -0.830. The van der Waals surface area contributed by atoms with Gasteiger partial charge in [0.25, 0.3) is 0 Å². The summed E-state index contributed by atoms with van der Waals surface area (Å²) in [7, 11) is 0. The molecule has 4 fully saturated rings. The summed E-state index contributed by atoms with van der Waals surface area (Å²) in [5.74, 6) is 0.612. The highest BCUT2D eigenvalue weighted by atomic mass is 16.4. The molecule has 0 aliphatic heterocycles. The first-order valence-electron chi connectivity index (χ1n) is 7.42. The Morgan fingerprint density at radius 1 is 1.16 bits per heavy atom. The smallest absolute Gasteiger partial charge is 0.331 e. The van der Waals surface area contributed by atoms with Crippen LogP contribution in [0.4, 0.5) is 0 Å². The van der Waals surface area contributed by atoms with Crippen LogP contribution in [0.15, 0.2) is 11.1 Å². The zero-order valence-electron chi connectivity index (χ0n) is 11.9. The van der Waals surface area contributed by atoms with Gasteiger partial charge in [-0.15, -0.1) is 0 Å². The van der Waals surface area contributed by atoms with Crippen LogP contribution in [0.3, 0.4) is 0 Å². The molecule has 0 radical (unpaired) electrons. The molecule has 3 heteroatoms. The van der Waals surface area contributed by atoms with Crippen molar-refractivity contribution in [2.24, 2.45) is 22.7 Å². The molecule has 2 atom stereocenters. The zero-order chi connectivity index (χ0) is 13.8. The van der Waals surface area contributed by atoms with Crippen LogP contribution in [0.1, 0.15) is 52.4 Å². The van der Waals surface area contributed by atoms with Gasteiger partial charge in [-0.25, -0.2) is 4.79 Å². The predicted octanol–water partition coefficient (Wildman–Crippen LogP) is 2.99. The topological polar surface area (TPSA) is 57.5 Å². The van der Waals surface area contributed by atoms with E-state index in [9.17, 15) is 15.0 Å². The number of aliphatic hydroxyl groups is 1. The number of aliphatic carboxylic acids is 1. The largest absolute Gasteiger partial charge is 0.478 e. The van der Waals surface area contributed by atoms with Crippen molar-refractivity contribution >= 4 is 5.97 Å². The quantitative estimate of drug-likeness (QED) is 0.770. The highest BCUT2D eigenvalue weighted by Gasteiger charge is 2.58. The number of carbonyl (C=O) groups is 1. The van der Waals surface area contributed by atoms with Gasteiger partial charge in [0.05, 0.1) is 0 Å². The van der Waals surface area contributed by atoms with E-state index in [-0.39, 0.29) is 17.4 Å². The molecular formula is C16H24O3. The van der Waals surface area contributed by atoms with Crippen LogP contribution in [-0.2, 0) is 4.79 Å². The summed E-state index contributed by atoms with van der Waals surface area (Å²) in [6.45, 7) is 4.03. The lowest BCUT2D eigenvalue weighted by Gasteiger charge is -2.62. The van der Waals surface area contributed by atoms with Crippen LogP contribution < -0.4 is 0 Å². The number of rotatable bonds is 3. The molecule has 4 aliphatic carbocycles. The third kappa shape index (κ3) is 1.85. The molecule has 0 aromatic rings. The Morgan fingerprint density at radius 3 is 2.21 bits per heavy atom. The van der Waals surface area contributed by atoms with E-state index in [1.807, 2.05) is 6.92 Å². The molecule has 2 N–H and O–H groups in total. The first-order chi connectivity index (χ1) is 8.90. The summed E-state index contributed by atoms with van der Waals surface area (Å²) in [6, 6.07) is 0. The Labute approximate surface area is 114 Å². The second kappa shape index (κ2) is 4.08. The lowest BCUT2D eigenvalue weighted by Crippen LogP contribution is -2.54. The Bertz CT molecular complexity index is 435. The minimum Gasteiger partial charge on any atom is -0.478 e. The number of carboxylic acid groups (broad SMARTS) is 1. The van der Waals surface area contributed by atoms with E-state index >= 15 is 0 Å². The first-order valence-corrected chi connectivity index (χ1v) is 7.42. The monoisotopic (exact) mass is 264 g/mol. The van der Waals surface area contributed by atoms with Crippen LogP contribution in [-0.4, -0.2) is 22.8 Å². The number of allylic oxidation sites excluding steroid dienone is 1. The fourth-order valence-electron chi connectivity index (χ4n) is 5.63. The third-order valence-corrected chi connectivity index (χ3v) is 6.20. The fourth-order valence-corrected chi connectivity index (χ4v) is 5.63. The molecule has 0 spiro atoms. The maximum Gasteiger partial charge on any atom is 0.331 e. The number of hydrogen-bond acceptors (Lipinski definition) is 2. The molecule has 3 nitrogen and oxygen atoms in total. The van der Waals surface area contributed by atoms with Crippen molar-refractivity contribution < 1.29 is 15.0 Å². The zero-order valence-corrected chi connectivity index (χ0v) is 11.9. The van der Waals surface area contributed by atoms with Gasteiger partial charge in [0.2, 0.25) is 0 Å². The summed E-state index contributed by atoms with van der Waals surface area (Å²) in [6.07, 6.45) is 6.88. The SMILES string of the molecule is CC(C(=O)O)=C(C)C12CC3CC(CC(CO)(C3)C1)C2. The summed E-state index contributed by atoms with van der Waals surface area (Å²) >= 11 is 0. The standard InChI is InChI=1S/C16H24O3/c1-10(14(18)19)11(2)16-6-12-3-13(7-16)5-15(4-12,8-16)9-17/h12-13,17H,3-9H2,1-2H3,(H,18,19). The predicted molar refractivity (Wildman–Crippen MR) is 72.6 cm³/mol. The van der Waals surface area contributed by atoms with E-state index in [0.717, 1.165) is 37.7 Å². The Balaban J connectivity index is 2.01. The van der Waals surface area contributed by atoms with Gasteiger partial charge in [-0.3, -0.25) is 0 Å². The highest BCUT2D eigenvalue weighted by molar-refractivity contribution is 5.87. The minimum absolute atomic E-state index is 0.0648. The molecular weight excluding hydrogens is 240 g/mol. The van der Waals surface area contributed by atoms with Crippen molar-refractivity contribution in [2.75, 3.05) is 6.61 Å². The van der Waals surface area contributed by atoms with Gasteiger partial charge >= 0.3 is 5.97 Å². The van der Waals surface area contributed by atoms with Gasteiger partial charge in [0, 0.05) is 12.2 Å². The van der Waals surface area contributed by atoms with Crippen LogP contribution in [0, 0.1) is 22.7 Å². The summed E-state index contributed by atoms with van der Waals surface area (Å²) in [5.41, 5.74) is 1.75. The molecule has 0 saturated heterocycles. The van der Waals surface area contributed by atoms with Gasteiger partial charge < -0.3 is 10.2 Å². The minimum atomic E-state index is -0.786. The van der Waals surface area contributed by atoms with Crippen LogP contribution >= 0.6 is 0 Å². The number of aliphatic hydroxyl groups excluding tert-OH is 1. The van der Waals surface area contributed by atoms with Crippen molar-refractivity contribution in [1.29, 1.82) is 0 Å². The van der Waals surface area contributed by atoms with Crippen LogP contribution in [0.25, 0.3) is 0 Å². The van der Waals surface area contributed by atoms with Gasteiger partial charge in [-0.2, -0.15) is 0 Å². The summed E-state index contributed by atoms with van der Waals surface area (Å²) < 4.78 is 0. The van der Waals surface area contributed by atoms with Gasteiger partial charge in [-0.1, -0.05) is 5.57 Å². The normalized spacial score (nSPS) is 45.2. The maximum absolute atomic E-state index is 11.3. The highest BCUT2D eigenvalue weighted by Crippen LogP contribution is 2.67. The molecule has 4 rings (SSSR count). The molecule has 4 aliphatic rings. The van der Waals surface area contributed by atoms with Crippen molar-refractivity contribution in [3.8, 4) is 0 Å². The second-order valence-corrected chi connectivity index (χ2v) is 7.45. The van der Waals surface area contributed by atoms with Crippen molar-refractivity contribution in [3.05, 3.63) is 11.1 Å². The van der Waals surface area contributed by atoms with E-state index < -0.39 is 5.97 Å². The van der Waals surface area contributed by atoms with E-state index in [0.29, 0.717) is 17.4 Å². The Morgan fingerprint density at radius 2 is 1.74 bits per heavy atom. The van der Waals surface area contributed by atoms with Crippen LogP contribution in [0.5, 0.6) is 0 Å². The average Bonchev–Trinajstić information content (AvgIpc) is 2.35. The van der Waals surface area contributed by atoms with E-state index in [1.165, 1.54) is 6.42 Å². The van der Waals surface area contributed by atoms with Gasteiger partial charge in [0.1, 0.15) is 0 Å². The molecule has 0 aromatic heterocycles. The second-order valence-electron chi connectivity index (χ2n) is 7.45. The summed E-state index contributed by atoms with van der Waals surface area (Å²) in [4.78, 5) is 11.3. The molecule has 0 aromatic carbocycles. The lowest BCUT2D eigenvalue weighted by atomic mass is 9.43. The van der Waals surface area contributed by atoms with E-state index in [2.05, 4.69) is 0 Å². The average molecular weight is 264 g/mol. The van der Waals surface area contributed by atoms with Gasteiger partial charge in [0.15, 0.2) is 0 Å². The number of carboxylic acids is 1. The van der Waals surface area contributed by atoms with E-state index in [1.54, 1.807) is 6.92 Å². The van der Waals surface area contributed by atoms with Gasteiger partial charge in [-0.05, 0) is 75.0 Å². The molecule has 4 saturated carbocycles. The van der Waals surface area contributed by atoms with Crippen LogP contribution in [0.2, 0.25) is 0 Å². The lowest BCUT2D eigenvalue weighted by molar-refractivity contribution is -0.133. The van der Waals surface area contributed by atoms with Crippen molar-refractivity contribution in [1.82, 2.24) is 0 Å². The molecule has 106 valence electrons. The first kappa shape index (κ1) is 13.2. The molecule has 2 unspecified atom stereocenters.